The first kappa shape index (κ1) is 14.5. The minimum atomic E-state index is 0.504. The summed E-state index contributed by atoms with van der Waals surface area (Å²) >= 11 is 6.09. The Hall–Kier alpha value is -2.40. The minimum absolute atomic E-state index is 0.504. The predicted molar refractivity (Wildman–Crippen MR) is 86.8 cm³/mol. The van der Waals surface area contributed by atoms with Crippen LogP contribution in [0.5, 0.6) is 5.75 Å². The molecule has 0 saturated carbocycles. The van der Waals surface area contributed by atoms with Crippen LogP contribution in [-0.4, -0.2) is 16.5 Å². The maximum Gasteiger partial charge on any atom is 0.182 e. The number of halogens is 1. The maximum atomic E-state index is 6.09. The van der Waals surface area contributed by atoms with Gasteiger partial charge < -0.3 is 4.74 Å². The van der Waals surface area contributed by atoms with Gasteiger partial charge in [0.1, 0.15) is 11.4 Å². The van der Waals surface area contributed by atoms with E-state index in [4.69, 9.17) is 16.3 Å². The smallest absolute Gasteiger partial charge is 0.182 e. The highest BCUT2D eigenvalue weighted by Crippen LogP contribution is 2.30. The Balaban J connectivity index is 2.00. The highest BCUT2D eigenvalue weighted by molar-refractivity contribution is 6.32. The molecule has 6 heteroatoms. The fraction of sp³-hybridized carbons (Fsp3) is 0.188. The van der Waals surface area contributed by atoms with Crippen LogP contribution in [0.4, 0.5) is 11.5 Å². The number of rotatable bonds is 3. The van der Waals surface area contributed by atoms with Gasteiger partial charge in [-0.25, -0.2) is 4.98 Å². The van der Waals surface area contributed by atoms with E-state index in [1.807, 2.05) is 36.6 Å². The summed E-state index contributed by atoms with van der Waals surface area (Å²) in [6.45, 7) is 3.94. The number of aryl methyl sites for hydroxylation is 2. The molecule has 0 aliphatic carbocycles. The second-order valence-corrected chi connectivity index (χ2v) is 5.38. The topological polar surface area (TPSA) is 51.2 Å². The zero-order valence-electron chi connectivity index (χ0n) is 12.5. The minimum Gasteiger partial charge on any atom is -0.495 e. The molecule has 22 heavy (non-hydrogen) atoms. The SMILES string of the molecule is COc1ccc(N=Nc2c(C)nc3ccc(C)cn23)cc1Cl. The fourth-order valence-corrected chi connectivity index (χ4v) is 2.45. The maximum absolute atomic E-state index is 6.09. The Kier molecular flexibility index (Phi) is 3.81. The average molecular weight is 315 g/mol. The first-order chi connectivity index (χ1) is 10.6. The molecule has 3 aromatic rings. The quantitative estimate of drug-likeness (QED) is 0.637. The number of azo groups is 1. The Labute approximate surface area is 133 Å². The van der Waals surface area contributed by atoms with Crippen LogP contribution >= 0.6 is 11.6 Å². The zero-order chi connectivity index (χ0) is 15.7. The first-order valence-corrected chi connectivity index (χ1v) is 7.17. The number of aromatic nitrogens is 2. The molecule has 3 rings (SSSR count). The van der Waals surface area contributed by atoms with E-state index in [9.17, 15) is 0 Å². The molecule has 0 radical (unpaired) electrons. The van der Waals surface area contributed by atoms with Crippen molar-refractivity contribution in [1.29, 1.82) is 0 Å². The lowest BCUT2D eigenvalue weighted by atomic mass is 10.3. The third kappa shape index (κ3) is 2.67. The predicted octanol–water partition coefficient (Wildman–Crippen LogP) is 5.03. The van der Waals surface area contributed by atoms with Crippen LogP contribution < -0.4 is 4.74 Å². The Morgan fingerprint density at radius 3 is 2.68 bits per heavy atom. The molecular weight excluding hydrogens is 300 g/mol. The van der Waals surface area contributed by atoms with E-state index in [1.165, 1.54) is 0 Å². The molecular formula is C16H15ClN4O. The average Bonchev–Trinajstić information content (AvgIpc) is 2.80. The summed E-state index contributed by atoms with van der Waals surface area (Å²) in [5.41, 5.74) is 3.47. The van der Waals surface area contributed by atoms with E-state index in [-0.39, 0.29) is 0 Å². The number of fused-ring (bicyclic) bond motifs is 1. The van der Waals surface area contributed by atoms with Gasteiger partial charge in [-0.05, 0) is 43.7 Å². The first-order valence-electron chi connectivity index (χ1n) is 6.79. The van der Waals surface area contributed by atoms with E-state index < -0.39 is 0 Å². The van der Waals surface area contributed by atoms with E-state index in [0.717, 1.165) is 16.9 Å². The van der Waals surface area contributed by atoms with Gasteiger partial charge in [-0.3, -0.25) is 4.40 Å². The van der Waals surface area contributed by atoms with Gasteiger partial charge in [-0.15, -0.1) is 10.2 Å². The number of benzene rings is 1. The van der Waals surface area contributed by atoms with Crippen molar-refractivity contribution < 1.29 is 4.74 Å². The second-order valence-electron chi connectivity index (χ2n) is 4.97. The molecule has 2 aromatic heterocycles. The Morgan fingerprint density at radius 2 is 1.95 bits per heavy atom. The van der Waals surface area contributed by atoms with E-state index >= 15 is 0 Å². The second kappa shape index (κ2) is 5.77. The highest BCUT2D eigenvalue weighted by atomic mass is 35.5. The van der Waals surface area contributed by atoms with Crippen LogP contribution in [0.3, 0.4) is 0 Å². The van der Waals surface area contributed by atoms with Gasteiger partial charge in [-0.2, -0.15) is 0 Å². The number of imidazole rings is 1. The summed E-state index contributed by atoms with van der Waals surface area (Å²) in [6.07, 6.45) is 1.99. The lowest BCUT2D eigenvalue weighted by Crippen LogP contribution is -1.85. The molecule has 0 aliphatic rings. The van der Waals surface area contributed by atoms with Crippen LogP contribution in [-0.2, 0) is 0 Å². The third-order valence-corrected chi connectivity index (χ3v) is 3.60. The number of nitrogens with zero attached hydrogens (tertiary/aromatic N) is 4. The van der Waals surface area contributed by atoms with Crippen molar-refractivity contribution >= 4 is 28.8 Å². The Bertz CT molecular complexity index is 870. The monoisotopic (exact) mass is 314 g/mol. The molecule has 0 bridgehead atoms. The molecule has 1 aromatic carbocycles. The van der Waals surface area contributed by atoms with Crippen LogP contribution in [0.2, 0.25) is 5.02 Å². The summed E-state index contributed by atoms with van der Waals surface area (Å²) in [5.74, 6) is 1.33. The van der Waals surface area contributed by atoms with Gasteiger partial charge in [0.25, 0.3) is 0 Å². The molecule has 0 amide bonds. The number of methoxy groups -OCH3 is 1. The molecule has 0 spiro atoms. The lowest BCUT2D eigenvalue weighted by Gasteiger charge is -2.02. The van der Waals surface area contributed by atoms with Crippen LogP contribution in [0.25, 0.3) is 5.65 Å². The number of pyridine rings is 1. The van der Waals surface area contributed by atoms with Gasteiger partial charge in [-0.1, -0.05) is 17.7 Å². The molecule has 0 saturated heterocycles. The molecule has 0 aliphatic heterocycles. The molecule has 0 atom stereocenters. The van der Waals surface area contributed by atoms with E-state index in [2.05, 4.69) is 15.2 Å². The van der Waals surface area contributed by atoms with Crippen molar-refractivity contribution in [3.63, 3.8) is 0 Å². The largest absolute Gasteiger partial charge is 0.495 e. The van der Waals surface area contributed by atoms with Crippen LogP contribution in [0.1, 0.15) is 11.3 Å². The number of hydrogen-bond donors (Lipinski definition) is 0. The standard InChI is InChI=1S/C16H15ClN4O/c1-10-4-7-15-18-11(2)16(21(15)9-10)20-19-12-5-6-14(22-3)13(17)8-12/h4-9H,1-3H3. The van der Waals surface area contributed by atoms with Gasteiger partial charge in [0.05, 0.1) is 23.5 Å². The van der Waals surface area contributed by atoms with Crippen molar-refractivity contribution in [2.45, 2.75) is 13.8 Å². The van der Waals surface area contributed by atoms with E-state index in [0.29, 0.717) is 22.3 Å². The molecule has 0 N–H and O–H groups in total. The number of hydrogen-bond acceptors (Lipinski definition) is 4. The zero-order valence-corrected chi connectivity index (χ0v) is 13.3. The van der Waals surface area contributed by atoms with Crippen LogP contribution in [0, 0.1) is 13.8 Å². The van der Waals surface area contributed by atoms with Gasteiger partial charge in [0.15, 0.2) is 5.82 Å². The normalized spacial score (nSPS) is 11.5. The number of ether oxygens (including phenoxy) is 1. The van der Waals surface area contributed by atoms with Crippen molar-refractivity contribution in [1.82, 2.24) is 9.38 Å². The fourth-order valence-electron chi connectivity index (χ4n) is 2.20. The van der Waals surface area contributed by atoms with Crippen LogP contribution in [0.15, 0.2) is 46.8 Å². The molecule has 0 fully saturated rings. The van der Waals surface area contributed by atoms with E-state index in [1.54, 1.807) is 25.3 Å². The van der Waals surface area contributed by atoms with Crippen molar-refractivity contribution in [3.05, 3.63) is 52.8 Å². The van der Waals surface area contributed by atoms with Gasteiger partial charge >= 0.3 is 0 Å². The summed E-state index contributed by atoms with van der Waals surface area (Å²) in [5, 5.41) is 9.08. The highest BCUT2D eigenvalue weighted by Gasteiger charge is 2.08. The third-order valence-electron chi connectivity index (χ3n) is 3.30. The van der Waals surface area contributed by atoms with Crippen molar-refractivity contribution in [2.24, 2.45) is 10.2 Å². The molecule has 2 heterocycles. The Morgan fingerprint density at radius 1 is 1.14 bits per heavy atom. The molecule has 0 unspecified atom stereocenters. The van der Waals surface area contributed by atoms with Crippen molar-refractivity contribution in [3.8, 4) is 5.75 Å². The molecule has 112 valence electrons. The summed E-state index contributed by atoms with van der Waals surface area (Å²) in [7, 11) is 1.58. The van der Waals surface area contributed by atoms with Crippen molar-refractivity contribution in [2.75, 3.05) is 7.11 Å². The summed E-state index contributed by atoms with van der Waals surface area (Å²) in [4.78, 5) is 4.47. The molecule has 5 nitrogen and oxygen atoms in total. The summed E-state index contributed by atoms with van der Waals surface area (Å²) < 4.78 is 7.05. The summed E-state index contributed by atoms with van der Waals surface area (Å²) in [6, 6.07) is 9.27. The van der Waals surface area contributed by atoms with Gasteiger partial charge in [0.2, 0.25) is 0 Å². The van der Waals surface area contributed by atoms with Gasteiger partial charge in [0, 0.05) is 6.20 Å². The lowest BCUT2D eigenvalue weighted by molar-refractivity contribution is 0.415.